The summed E-state index contributed by atoms with van der Waals surface area (Å²) in [5.74, 6) is 0.731. The third-order valence-corrected chi connectivity index (χ3v) is 3.07. The second kappa shape index (κ2) is 6.47. The quantitative estimate of drug-likeness (QED) is 0.874. The third kappa shape index (κ3) is 3.64. The summed E-state index contributed by atoms with van der Waals surface area (Å²) in [5.41, 5.74) is 0.364. The van der Waals surface area contributed by atoms with E-state index in [2.05, 4.69) is 43.5 Å². The van der Waals surface area contributed by atoms with Crippen LogP contribution in [0.3, 0.4) is 0 Å². The van der Waals surface area contributed by atoms with Crippen LogP contribution >= 0.6 is 15.9 Å². The average Bonchev–Trinajstić information content (AvgIpc) is 2.41. The highest BCUT2D eigenvalue weighted by Crippen LogP contribution is 2.27. The molecule has 0 spiro atoms. The molecule has 0 saturated carbocycles. The zero-order chi connectivity index (χ0) is 13.7. The number of para-hydroxylation sites is 1. The molecule has 2 rings (SSSR count). The van der Waals surface area contributed by atoms with Gasteiger partial charge >= 0.3 is 0 Å². The molecule has 2 aromatic rings. The van der Waals surface area contributed by atoms with Crippen LogP contribution < -0.4 is 10.6 Å². The molecule has 0 aliphatic rings. The lowest BCUT2D eigenvalue weighted by atomic mass is 10.3. The molecule has 0 unspecified atom stereocenters. The van der Waals surface area contributed by atoms with Crippen molar-refractivity contribution >= 4 is 33.4 Å². The summed E-state index contributed by atoms with van der Waals surface area (Å²) >= 11 is 3.30. The van der Waals surface area contributed by atoms with E-state index < -0.39 is 0 Å². The zero-order valence-electron chi connectivity index (χ0n) is 10.5. The van der Waals surface area contributed by atoms with Crippen LogP contribution in [0.1, 0.15) is 13.3 Å². The summed E-state index contributed by atoms with van der Waals surface area (Å²) in [6.45, 7) is 2.86. The van der Waals surface area contributed by atoms with Crippen molar-refractivity contribution in [2.24, 2.45) is 0 Å². The molecule has 0 bridgehead atoms. The Labute approximate surface area is 119 Å². The first-order chi connectivity index (χ1) is 9.20. The molecule has 100 valence electrons. The second-order valence-corrected chi connectivity index (χ2v) is 4.77. The van der Waals surface area contributed by atoms with Crippen LogP contribution in [-0.2, 0) is 0 Å². The highest BCUT2D eigenvalue weighted by Gasteiger charge is 2.07. The number of anilines is 3. The summed E-state index contributed by atoms with van der Waals surface area (Å²) in [5, 5.41) is 6.03. The Hall–Kier alpha value is -1.69. The van der Waals surface area contributed by atoms with Crippen LogP contribution in [0.5, 0.6) is 0 Å². The average molecular weight is 325 g/mol. The van der Waals surface area contributed by atoms with Crippen molar-refractivity contribution in [2.75, 3.05) is 17.2 Å². The SMILES string of the molecule is CCCNc1nccc(Nc2c(F)cccc2Br)n1. The van der Waals surface area contributed by atoms with E-state index in [1.54, 1.807) is 24.4 Å². The molecular formula is C13H14BrFN4. The number of hydrogen-bond donors (Lipinski definition) is 2. The fourth-order valence-electron chi connectivity index (χ4n) is 1.50. The predicted molar refractivity (Wildman–Crippen MR) is 78.2 cm³/mol. The molecule has 6 heteroatoms. The van der Waals surface area contributed by atoms with Crippen LogP contribution in [0.25, 0.3) is 0 Å². The molecular weight excluding hydrogens is 311 g/mol. The molecule has 0 saturated heterocycles. The Bertz CT molecular complexity index is 542. The molecule has 1 aromatic heterocycles. The Balaban J connectivity index is 2.19. The van der Waals surface area contributed by atoms with Gasteiger partial charge in [0, 0.05) is 17.2 Å². The fourth-order valence-corrected chi connectivity index (χ4v) is 1.94. The lowest BCUT2D eigenvalue weighted by Crippen LogP contribution is -2.06. The van der Waals surface area contributed by atoms with Crippen molar-refractivity contribution in [3.8, 4) is 0 Å². The lowest BCUT2D eigenvalue weighted by molar-refractivity contribution is 0.631. The first-order valence-electron chi connectivity index (χ1n) is 5.98. The van der Waals surface area contributed by atoms with E-state index in [1.165, 1.54) is 6.07 Å². The normalized spacial score (nSPS) is 10.3. The number of aromatic nitrogens is 2. The molecule has 0 radical (unpaired) electrons. The molecule has 0 aliphatic heterocycles. The number of nitrogens with zero attached hydrogens (tertiary/aromatic N) is 2. The fraction of sp³-hybridized carbons (Fsp3) is 0.231. The molecule has 0 aliphatic carbocycles. The van der Waals surface area contributed by atoms with Gasteiger partial charge in [0.1, 0.15) is 11.6 Å². The highest BCUT2D eigenvalue weighted by molar-refractivity contribution is 9.10. The van der Waals surface area contributed by atoms with Gasteiger partial charge in [-0.25, -0.2) is 9.37 Å². The van der Waals surface area contributed by atoms with Crippen LogP contribution in [0, 0.1) is 5.82 Å². The minimum atomic E-state index is -0.337. The Morgan fingerprint density at radius 1 is 1.32 bits per heavy atom. The van der Waals surface area contributed by atoms with Crippen molar-refractivity contribution in [3.05, 3.63) is 40.8 Å². The van der Waals surface area contributed by atoms with Crippen molar-refractivity contribution < 1.29 is 4.39 Å². The Morgan fingerprint density at radius 2 is 2.16 bits per heavy atom. The number of nitrogens with one attached hydrogen (secondary N) is 2. The largest absolute Gasteiger partial charge is 0.354 e. The van der Waals surface area contributed by atoms with Gasteiger partial charge in [0.25, 0.3) is 0 Å². The van der Waals surface area contributed by atoms with E-state index in [4.69, 9.17) is 0 Å². The van der Waals surface area contributed by atoms with Gasteiger partial charge in [-0.15, -0.1) is 0 Å². The first-order valence-corrected chi connectivity index (χ1v) is 6.78. The summed E-state index contributed by atoms with van der Waals surface area (Å²) < 4.78 is 14.3. The van der Waals surface area contributed by atoms with Gasteiger partial charge < -0.3 is 10.6 Å². The maximum atomic E-state index is 13.7. The van der Waals surface area contributed by atoms with Gasteiger partial charge in [-0.1, -0.05) is 13.0 Å². The van der Waals surface area contributed by atoms with Gasteiger partial charge in [0.2, 0.25) is 5.95 Å². The Kier molecular flexibility index (Phi) is 4.68. The van der Waals surface area contributed by atoms with Crippen LogP contribution in [0.4, 0.5) is 21.8 Å². The van der Waals surface area contributed by atoms with E-state index in [9.17, 15) is 4.39 Å². The number of hydrogen-bond acceptors (Lipinski definition) is 4. The smallest absolute Gasteiger partial charge is 0.224 e. The minimum absolute atomic E-state index is 0.337. The maximum absolute atomic E-state index is 13.7. The van der Waals surface area contributed by atoms with E-state index in [0.29, 0.717) is 21.9 Å². The van der Waals surface area contributed by atoms with E-state index in [-0.39, 0.29) is 5.82 Å². The number of halogens is 2. The third-order valence-electron chi connectivity index (χ3n) is 2.40. The van der Waals surface area contributed by atoms with Crippen molar-refractivity contribution in [1.82, 2.24) is 9.97 Å². The summed E-state index contributed by atoms with van der Waals surface area (Å²) in [4.78, 5) is 8.36. The molecule has 4 nitrogen and oxygen atoms in total. The topological polar surface area (TPSA) is 49.8 Å². The van der Waals surface area contributed by atoms with Gasteiger partial charge in [-0.05, 0) is 40.5 Å². The molecule has 1 heterocycles. The van der Waals surface area contributed by atoms with Crippen LogP contribution in [0.2, 0.25) is 0 Å². The summed E-state index contributed by atoms with van der Waals surface area (Å²) in [6.07, 6.45) is 2.61. The summed E-state index contributed by atoms with van der Waals surface area (Å²) in [7, 11) is 0. The maximum Gasteiger partial charge on any atom is 0.224 e. The van der Waals surface area contributed by atoms with Gasteiger partial charge in [-0.3, -0.25) is 0 Å². The zero-order valence-corrected chi connectivity index (χ0v) is 12.0. The van der Waals surface area contributed by atoms with E-state index in [0.717, 1.165) is 13.0 Å². The lowest BCUT2D eigenvalue weighted by Gasteiger charge is -2.10. The molecule has 0 amide bonds. The second-order valence-electron chi connectivity index (χ2n) is 3.91. The summed E-state index contributed by atoms with van der Waals surface area (Å²) in [6, 6.07) is 6.49. The standard InChI is InChI=1S/C13H14BrFN4/c1-2-7-16-13-17-8-6-11(19-13)18-12-9(14)4-3-5-10(12)15/h3-6,8H,2,7H2,1H3,(H2,16,17,18,19). The Morgan fingerprint density at radius 3 is 2.89 bits per heavy atom. The minimum Gasteiger partial charge on any atom is -0.354 e. The molecule has 0 fully saturated rings. The number of benzene rings is 1. The monoisotopic (exact) mass is 324 g/mol. The van der Waals surface area contributed by atoms with E-state index in [1.807, 2.05) is 0 Å². The van der Waals surface area contributed by atoms with Crippen LogP contribution in [0.15, 0.2) is 34.9 Å². The highest BCUT2D eigenvalue weighted by atomic mass is 79.9. The number of rotatable bonds is 5. The predicted octanol–water partition coefficient (Wildman–Crippen LogP) is 3.94. The first kappa shape index (κ1) is 13.7. The van der Waals surface area contributed by atoms with Crippen molar-refractivity contribution in [2.45, 2.75) is 13.3 Å². The van der Waals surface area contributed by atoms with Gasteiger partial charge in [-0.2, -0.15) is 4.98 Å². The van der Waals surface area contributed by atoms with Gasteiger partial charge in [0.15, 0.2) is 0 Å². The van der Waals surface area contributed by atoms with Gasteiger partial charge in [0.05, 0.1) is 5.69 Å². The molecule has 1 aromatic carbocycles. The van der Waals surface area contributed by atoms with Crippen LogP contribution in [-0.4, -0.2) is 16.5 Å². The van der Waals surface area contributed by atoms with Crippen molar-refractivity contribution in [1.29, 1.82) is 0 Å². The molecule has 0 atom stereocenters. The van der Waals surface area contributed by atoms with Crippen molar-refractivity contribution in [3.63, 3.8) is 0 Å². The molecule has 19 heavy (non-hydrogen) atoms. The molecule has 2 N–H and O–H groups in total. The van der Waals surface area contributed by atoms with E-state index >= 15 is 0 Å².